The first-order chi connectivity index (χ1) is 15.5. The number of aromatic nitrogens is 3. The van der Waals surface area contributed by atoms with E-state index in [0.717, 1.165) is 0 Å². The lowest BCUT2D eigenvalue weighted by molar-refractivity contribution is 0.102. The van der Waals surface area contributed by atoms with E-state index >= 15 is 4.39 Å². The maximum Gasteiger partial charge on any atom is 0.277 e. The van der Waals surface area contributed by atoms with Gasteiger partial charge in [0.05, 0.1) is 34.5 Å². The number of ether oxygens (including phenoxy) is 1. The molecule has 12 heteroatoms. The van der Waals surface area contributed by atoms with Crippen LogP contribution in [-0.2, 0) is 15.3 Å². The Balaban J connectivity index is 1.75. The number of fused-ring (bicyclic) bond motifs is 1. The number of rotatable bonds is 4. The Labute approximate surface area is 191 Å². The van der Waals surface area contributed by atoms with Crippen molar-refractivity contribution in [1.29, 1.82) is 0 Å². The summed E-state index contributed by atoms with van der Waals surface area (Å²) in [5.41, 5.74) is 4.92. The van der Waals surface area contributed by atoms with Crippen molar-refractivity contribution in [3.63, 3.8) is 0 Å². The van der Waals surface area contributed by atoms with Gasteiger partial charge in [-0.25, -0.2) is 27.9 Å². The molecular weight excluding hydrogens is 449 g/mol. The molecule has 3 atom stereocenters. The average Bonchev–Trinajstić information content (AvgIpc) is 2.79. The summed E-state index contributed by atoms with van der Waals surface area (Å²) < 4.78 is 37.6. The van der Waals surface area contributed by atoms with Crippen molar-refractivity contribution < 1.29 is 18.1 Å². The molecule has 0 aromatic carbocycles. The Morgan fingerprint density at radius 2 is 2.03 bits per heavy atom. The second-order valence-electron chi connectivity index (χ2n) is 8.63. The largest absolute Gasteiger partial charge is 0.480 e. The lowest BCUT2D eigenvalue weighted by atomic mass is 9.89. The molecule has 0 radical (unpaired) electrons. The van der Waals surface area contributed by atoms with Gasteiger partial charge in [-0.3, -0.25) is 9.79 Å². The van der Waals surface area contributed by atoms with Crippen molar-refractivity contribution >= 4 is 27.3 Å². The number of aliphatic imine (C=N–C) groups is 1. The number of carbonyl (C=O) groups is 1. The minimum Gasteiger partial charge on any atom is -0.480 e. The van der Waals surface area contributed by atoms with E-state index in [1.807, 2.05) is 0 Å². The summed E-state index contributed by atoms with van der Waals surface area (Å²) in [6, 6.07) is 2.52. The fourth-order valence-corrected chi connectivity index (χ4v) is 7.47. The zero-order valence-corrected chi connectivity index (χ0v) is 19.6. The van der Waals surface area contributed by atoms with Crippen LogP contribution in [0.25, 0.3) is 0 Å². The Morgan fingerprint density at radius 1 is 1.27 bits per heavy atom. The normalized spacial score (nSPS) is 28.2. The number of methoxy groups -OCH3 is 1. The molecule has 4 rings (SSSR count). The number of halogens is 1. The Kier molecular flexibility index (Phi) is 5.59. The minimum atomic E-state index is -2.87. The van der Waals surface area contributed by atoms with E-state index in [1.54, 1.807) is 20.8 Å². The molecule has 4 heterocycles. The third kappa shape index (κ3) is 3.62. The summed E-state index contributed by atoms with van der Waals surface area (Å²) in [6.07, 6.45) is 3.81. The summed E-state index contributed by atoms with van der Waals surface area (Å²) in [4.78, 5) is 29.5. The van der Waals surface area contributed by atoms with Crippen LogP contribution in [0.5, 0.6) is 5.88 Å². The van der Waals surface area contributed by atoms with Crippen molar-refractivity contribution in [3.05, 3.63) is 41.7 Å². The highest BCUT2D eigenvalue weighted by Crippen LogP contribution is 2.46. The topological polar surface area (TPSA) is 145 Å². The number of carbonyl (C=O) groups excluding carboxylic acids is 1. The molecule has 3 N–H and O–H groups in total. The first kappa shape index (κ1) is 23.0. The predicted molar refractivity (Wildman–Crippen MR) is 122 cm³/mol. The van der Waals surface area contributed by atoms with Crippen LogP contribution in [-0.4, -0.2) is 54.6 Å². The van der Waals surface area contributed by atoms with Crippen LogP contribution < -0.4 is 15.8 Å². The first-order valence-electron chi connectivity index (χ1n) is 10.4. The van der Waals surface area contributed by atoms with Gasteiger partial charge in [0.2, 0.25) is 5.88 Å². The summed E-state index contributed by atoms with van der Waals surface area (Å²) in [7, 11) is -1.43. The third-order valence-corrected chi connectivity index (χ3v) is 9.96. The summed E-state index contributed by atoms with van der Waals surface area (Å²) >= 11 is 0. The monoisotopic (exact) mass is 475 g/mol. The number of nitrogens with one attached hydrogen (secondary N) is 1. The van der Waals surface area contributed by atoms with E-state index in [9.17, 15) is 9.00 Å². The SMILES string of the molecule is COc1cnc(C(=O)Nc2ccc(F)c([C@@]3(C)N=C(N)C(C)(C)[S@@]4(=O)=NCCC[C@@H]34)n2)cn1. The smallest absolute Gasteiger partial charge is 0.277 e. The van der Waals surface area contributed by atoms with Crippen molar-refractivity contribution in [1.82, 2.24) is 15.0 Å². The van der Waals surface area contributed by atoms with Gasteiger partial charge in [0.25, 0.3) is 5.91 Å². The molecule has 33 heavy (non-hydrogen) atoms. The molecule has 2 aliphatic rings. The molecule has 2 aromatic heterocycles. The highest BCUT2D eigenvalue weighted by Gasteiger charge is 2.56. The zero-order valence-electron chi connectivity index (χ0n) is 18.8. The Bertz CT molecular complexity index is 1260. The summed E-state index contributed by atoms with van der Waals surface area (Å²) in [5, 5.41) is 2.01. The summed E-state index contributed by atoms with van der Waals surface area (Å²) in [5.74, 6) is -0.721. The molecule has 2 aliphatic heterocycles. The van der Waals surface area contributed by atoms with Crippen LogP contribution in [0.15, 0.2) is 33.9 Å². The van der Waals surface area contributed by atoms with Crippen LogP contribution in [0, 0.1) is 5.82 Å². The van der Waals surface area contributed by atoms with Crippen LogP contribution in [0.3, 0.4) is 0 Å². The van der Waals surface area contributed by atoms with Gasteiger partial charge in [-0.05, 0) is 45.7 Å². The standard InChI is InChI=1S/C21H26FN7O3S/c1-20(2)19(23)29-21(3,14-6-5-9-26-33(14,20)31)17-12(22)7-8-15(27-17)28-18(30)13-10-25-16(32-4)11-24-13/h7-8,10-11,14H,5-6,9H2,1-4H3,(H2,23,29)(H,27,28,30)/t14-,21-,33+/m0/s1. The number of pyridine rings is 1. The van der Waals surface area contributed by atoms with Gasteiger partial charge < -0.3 is 15.8 Å². The molecule has 0 aliphatic carbocycles. The van der Waals surface area contributed by atoms with Crippen LogP contribution >= 0.6 is 0 Å². The van der Waals surface area contributed by atoms with Gasteiger partial charge in [-0.1, -0.05) is 0 Å². The fraction of sp³-hybridized carbons (Fsp3) is 0.476. The minimum absolute atomic E-state index is 0.0328. The van der Waals surface area contributed by atoms with E-state index in [0.29, 0.717) is 19.4 Å². The molecular formula is C21H26FN7O3S. The molecule has 0 fully saturated rings. The molecule has 0 bridgehead atoms. The van der Waals surface area contributed by atoms with Gasteiger partial charge in [0.1, 0.15) is 39.1 Å². The molecule has 1 amide bonds. The van der Waals surface area contributed by atoms with Gasteiger partial charge >= 0.3 is 0 Å². The van der Waals surface area contributed by atoms with Crippen molar-refractivity contribution in [2.75, 3.05) is 19.0 Å². The number of hydrogen-bond donors (Lipinski definition) is 2. The predicted octanol–water partition coefficient (Wildman–Crippen LogP) is 2.27. The number of amides is 1. The molecule has 176 valence electrons. The Hall–Kier alpha value is -3.15. The maximum absolute atomic E-state index is 15.1. The van der Waals surface area contributed by atoms with Gasteiger partial charge in [-0.2, -0.15) is 0 Å². The number of nitrogens with zero attached hydrogens (tertiary/aromatic N) is 5. The number of nitrogens with two attached hydrogens (primary N) is 1. The van der Waals surface area contributed by atoms with Gasteiger partial charge in [-0.15, -0.1) is 0 Å². The van der Waals surface area contributed by atoms with Crippen LogP contribution in [0.4, 0.5) is 10.2 Å². The van der Waals surface area contributed by atoms with Crippen LogP contribution in [0.2, 0.25) is 0 Å². The van der Waals surface area contributed by atoms with Crippen molar-refractivity contribution in [2.45, 2.75) is 49.1 Å². The summed E-state index contributed by atoms with van der Waals surface area (Å²) in [6.45, 7) is 5.64. The van der Waals surface area contributed by atoms with Gasteiger partial charge in [0.15, 0.2) is 0 Å². The van der Waals surface area contributed by atoms with Crippen molar-refractivity contribution in [2.24, 2.45) is 15.1 Å². The van der Waals surface area contributed by atoms with Crippen molar-refractivity contribution in [3.8, 4) is 5.88 Å². The lowest BCUT2D eigenvalue weighted by Crippen LogP contribution is -2.60. The third-order valence-electron chi connectivity index (χ3n) is 6.26. The van der Waals surface area contributed by atoms with E-state index in [1.165, 1.54) is 31.6 Å². The highest BCUT2D eigenvalue weighted by atomic mass is 32.2. The second-order valence-corrected chi connectivity index (χ2v) is 11.6. The zero-order chi connectivity index (χ0) is 24.0. The molecule has 0 saturated heterocycles. The number of anilines is 1. The molecule has 0 spiro atoms. The van der Waals surface area contributed by atoms with E-state index < -0.39 is 37.0 Å². The lowest BCUT2D eigenvalue weighted by Gasteiger charge is -2.47. The van der Waals surface area contributed by atoms with Crippen LogP contribution in [0.1, 0.15) is 49.8 Å². The molecule has 0 unspecified atom stereocenters. The second kappa shape index (κ2) is 8.01. The molecule has 0 saturated carbocycles. The quantitative estimate of drug-likeness (QED) is 0.690. The number of hydrogen-bond acceptors (Lipinski definition) is 9. The Morgan fingerprint density at radius 3 is 2.70 bits per heavy atom. The molecule has 2 aromatic rings. The highest BCUT2D eigenvalue weighted by molar-refractivity contribution is 7.96. The average molecular weight is 476 g/mol. The number of amidine groups is 1. The molecule has 10 nitrogen and oxygen atoms in total. The van der Waals surface area contributed by atoms with E-state index in [-0.39, 0.29) is 28.9 Å². The van der Waals surface area contributed by atoms with E-state index in [2.05, 4.69) is 29.6 Å². The van der Waals surface area contributed by atoms with Gasteiger partial charge in [0, 0.05) is 6.54 Å². The maximum atomic E-state index is 15.1. The first-order valence-corrected chi connectivity index (χ1v) is 12.0. The van der Waals surface area contributed by atoms with E-state index in [4.69, 9.17) is 10.5 Å². The fourth-order valence-electron chi connectivity index (χ4n) is 4.23.